The molecule has 142 valence electrons. The van der Waals surface area contributed by atoms with Gasteiger partial charge in [0, 0.05) is 5.02 Å². The Labute approximate surface area is 166 Å². The number of hydrazone groups is 1. The van der Waals surface area contributed by atoms with Crippen molar-refractivity contribution in [3.8, 4) is 17.1 Å². The highest BCUT2D eigenvalue weighted by Crippen LogP contribution is 2.52. The number of ether oxygens (including phenoxy) is 1. The molecule has 1 aromatic heterocycles. The number of benzene rings is 1. The van der Waals surface area contributed by atoms with E-state index < -0.39 is 0 Å². The molecule has 1 aromatic carbocycles. The van der Waals surface area contributed by atoms with Crippen molar-refractivity contribution >= 4 is 29.6 Å². The standard InChI is InChI=1S/C21H17ClN2O4/c1-27-16-6-4-13(22)9-15(16)17-7-5-14(28-17)10-23-24-20(25)18-11-2-3-12(8-11)19(18)21(24)26/h2-7,9-12,18-19H,8H2,1H3/b23-10-/t11-,12-,18-,19+/m1/s1. The molecule has 1 aliphatic heterocycles. The van der Waals surface area contributed by atoms with E-state index in [1.165, 1.54) is 6.21 Å². The molecule has 1 saturated carbocycles. The maximum absolute atomic E-state index is 12.7. The molecule has 4 atom stereocenters. The number of imide groups is 1. The van der Waals surface area contributed by atoms with E-state index in [4.69, 9.17) is 20.8 Å². The maximum Gasteiger partial charge on any atom is 0.254 e. The SMILES string of the molecule is COc1ccc(Cl)cc1-c1ccc(/C=N\N2C(=O)[C@@H]3[C@H](C2=O)[C@@H]2C=C[C@@H]3C2)o1. The molecule has 2 bridgehead atoms. The monoisotopic (exact) mass is 396 g/mol. The van der Waals surface area contributed by atoms with Crippen LogP contribution in [0.2, 0.25) is 5.02 Å². The van der Waals surface area contributed by atoms with Crippen LogP contribution in [-0.2, 0) is 9.59 Å². The maximum atomic E-state index is 12.7. The molecule has 2 aliphatic carbocycles. The molecule has 2 fully saturated rings. The number of furan rings is 1. The van der Waals surface area contributed by atoms with Crippen LogP contribution in [0.25, 0.3) is 11.3 Å². The normalized spacial score (nSPS) is 28.0. The lowest BCUT2D eigenvalue weighted by molar-refractivity contribution is -0.140. The molecule has 0 radical (unpaired) electrons. The van der Waals surface area contributed by atoms with Crippen molar-refractivity contribution in [2.24, 2.45) is 28.8 Å². The molecule has 5 rings (SSSR count). The summed E-state index contributed by atoms with van der Waals surface area (Å²) in [5.41, 5.74) is 0.708. The van der Waals surface area contributed by atoms with Crippen LogP contribution in [0.15, 0.2) is 52.0 Å². The third-order valence-electron chi connectivity index (χ3n) is 5.80. The van der Waals surface area contributed by atoms with E-state index in [2.05, 4.69) is 17.3 Å². The largest absolute Gasteiger partial charge is 0.496 e. The van der Waals surface area contributed by atoms with Gasteiger partial charge in [0.2, 0.25) is 0 Å². The van der Waals surface area contributed by atoms with E-state index in [0.717, 1.165) is 11.4 Å². The van der Waals surface area contributed by atoms with E-state index in [1.54, 1.807) is 37.4 Å². The Morgan fingerprint density at radius 1 is 1.14 bits per heavy atom. The summed E-state index contributed by atoms with van der Waals surface area (Å²) in [5, 5.41) is 5.70. The van der Waals surface area contributed by atoms with Gasteiger partial charge >= 0.3 is 0 Å². The second kappa shape index (κ2) is 6.34. The van der Waals surface area contributed by atoms with Crippen molar-refractivity contribution < 1.29 is 18.7 Å². The predicted molar refractivity (Wildman–Crippen MR) is 103 cm³/mol. The van der Waals surface area contributed by atoms with Crippen LogP contribution < -0.4 is 4.74 Å². The number of fused-ring (bicyclic) bond motifs is 5. The summed E-state index contributed by atoms with van der Waals surface area (Å²) in [4.78, 5) is 25.3. The molecule has 0 unspecified atom stereocenters. The van der Waals surface area contributed by atoms with Crippen LogP contribution in [0.4, 0.5) is 0 Å². The Morgan fingerprint density at radius 2 is 1.86 bits per heavy atom. The smallest absolute Gasteiger partial charge is 0.254 e. The third-order valence-corrected chi connectivity index (χ3v) is 6.04. The summed E-state index contributed by atoms with van der Waals surface area (Å²) < 4.78 is 11.1. The van der Waals surface area contributed by atoms with Crippen LogP contribution in [0.3, 0.4) is 0 Å². The van der Waals surface area contributed by atoms with Gasteiger partial charge < -0.3 is 9.15 Å². The van der Waals surface area contributed by atoms with Crippen molar-refractivity contribution in [2.75, 3.05) is 7.11 Å². The summed E-state index contributed by atoms with van der Waals surface area (Å²) in [6.45, 7) is 0. The average molecular weight is 397 g/mol. The van der Waals surface area contributed by atoms with Gasteiger partial charge in [0.1, 0.15) is 17.3 Å². The Balaban J connectivity index is 1.38. The zero-order valence-electron chi connectivity index (χ0n) is 15.0. The number of halogens is 1. The van der Waals surface area contributed by atoms with E-state index in [9.17, 15) is 9.59 Å². The number of nitrogens with zero attached hydrogens (tertiary/aromatic N) is 2. The van der Waals surface area contributed by atoms with E-state index in [-0.39, 0.29) is 35.5 Å². The van der Waals surface area contributed by atoms with Gasteiger partial charge in [0.15, 0.2) is 0 Å². The first kappa shape index (κ1) is 17.3. The zero-order chi connectivity index (χ0) is 19.4. The minimum atomic E-state index is -0.262. The molecule has 6 nitrogen and oxygen atoms in total. The molecular weight excluding hydrogens is 380 g/mol. The van der Waals surface area contributed by atoms with Crippen molar-refractivity contribution in [3.05, 3.63) is 53.3 Å². The van der Waals surface area contributed by atoms with Gasteiger partial charge in [-0.05, 0) is 48.6 Å². The number of carbonyl (C=O) groups is 2. The molecular formula is C21H17ClN2O4. The van der Waals surface area contributed by atoms with Gasteiger partial charge in [0.05, 0.1) is 30.7 Å². The second-order valence-corrected chi connectivity index (χ2v) is 7.72. The number of methoxy groups -OCH3 is 1. The lowest BCUT2D eigenvalue weighted by atomic mass is 9.85. The first-order valence-corrected chi connectivity index (χ1v) is 9.48. The number of hydrogen-bond donors (Lipinski definition) is 0. The van der Waals surface area contributed by atoms with Gasteiger partial charge in [0.25, 0.3) is 11.8 Å². The lowest BCUT2D eigenvalue weighted by Crippen LogP contribution is -2.28. The lowest BCUT2D eigenvalue weighted by Gasteiger charge is -2.13. The molecule has 3 aliphatic rings. The quantitative estimate of drug-likeness (QED) is 0.448. The zero-order valence-corrected chi connectivity index (χ0v) is 15.8. The fourth-order valence-electron chi connectivity index (χ4n) is 4.55. The summed E-state index contributed by atoms with van der Waals surface area (Å²) in [6, 6.07) is 8.73. The summed E-state index contributed by atoms with van der Waals surface area (Å²) >= 11 is 6.07. The van der Waals surface area contributed by atoms with E-state index in [1.807, 2.05) is 0 Å². The number of amides is 2. The molecule has 0 N–H and O–H groups in total. The van der Waals surface area contributed by atoms with Crippen LogP contribution in [-0.4, -0.2) is 30.1 Å². The van der Waals surface area contributed by atoms with Crippen LogP contribution in [0.5, 0.6) is 5.75 Å². The summed E-state index contributed by atoms with van der Waals surface area (Å²) in [6.07, 6.45) is 6.41. The highest BCUT2D eigenvalue weighted by molar-refractivity contribution is 6.31. The highest BCUT2D eigenvalue weighted by atomic mass is 35.5. The van der Waals surface area contributed by atoms with E-state index in [0.29, 0.717) is 27.9 Å². The Morgan fingerprint density at radius 3 is 2.54 bits per heavy atom. The first-order chi connectivity index (χ1) is 13.6. The Bertz CT molecular complexity index is 1010. The van der Waals surface area contributed by atoms with Crippen molar-refractivity contribution in [2.45, 2.75) is 6.42 Å². The highest BCUT2D eigenvalue weighted by Gasteiger charge is 2.59. The summed E-state index contributed by atoms with van der Waals surface area (Å²) in [5.74, 6) is 0.981. The molecule has 28 heavy (non-hydrogen) atoms. The van der Waals surface area contributed by atoms with Crippen LogP contribution in [0.1, 0.15) is 12.2 Å². The third kappa shape index (κ3) is 2.52. The van der Waals surface area contributed by atoms with Gasteiger partial charge in [-0.3, -0.25) is 9.59 Å². The fraction of sp³-hybridized carbons (Fsp3) is 0.286. The van der Waals surface area contributed by atoms with Gasteiger partial charge in [-0.25, -0.2) is 0 Å². The summed E-state index contributed by atoms with van der Waals surface area (Å²) in [7, 11) is 1.57. The van der Waals surface area contributed by atoms with Gasteiger partial charge in [-0.2, -0.15) is 10.1 Å². The van der Waals surface area contributed by atoms with E-state index >= 15 is 0 Å². The van der Waals surface area contributed by atoms with Crippen LogP contribution in [0, 0.1) is 23.7 Å². The molecule has 2 amide bonds. The van der Waals surface area contributed by atoms with Crippen LogP contribution >= 0.6 is 11.6 Å². The Kier molecular flexibility index (Phi) is 3.91. The predicted octanol–water partition coefficient (Wildman–Crippen LogP) is 3.75. The molecule has 1 saturated heterocycles. The van der Waals surface area contributed by atoms with Crippen molar-refractivity contribution in [1.82, 2.24) is 5.01 Å². The molecule has 2 aromatic rings. The minimum absolute atomic E-state index is 0.164. The minimum Gasteiger partial charge on any atom is -0.496 e. The topological polar surface area (TPSA) is 72.1 Å². The first-order valence-electron chi connectivity index (χ1n) is 9.10. The van der Waals surface area contributed by atoms with Gasteiger partial charge in [-0.15, -0.1) is 0 Å². The Hall–Kier alpha value is -2.86. The van der Waals surface area contributed by atoms with Gasteiger partial charge in [-0.1, -0.05) is 23.8 Å². The van der Waals surface area contributed by atoms with Crippen molar-refractivity contribution in [3.63, 3.8) is 0 Å². The molecule has 0 spiro atoms. The molecule has 2 heterocycles. The number of rotatable bonds is 4. The fourth-order valence-corrected chi connectivity index (χ4v) is 4.73. The number of carbonyl (C=O) groups excluding carboxylic acids is 2. The second-order valence-electron chi connectivity index (χ2n) is 7.28. The molecule has 7 heteroatoms. The number of hydrogen-bond acceptors (Lipinski definition) is 5. The number of allylic oxidation sites excluding steroid dienone is 2. The van der Waals surface area contributed by atoms with Crippen molar-refractivity contribution in [1.29, 1.82) is 0 Å². The average Bonchev–Trinajstić information content (AvgIpc) is 3.46.